The van der Waals surface area contributed by atoms with Crippen molar-refractivity contribution in [2.45, 2.75) is 43.9 Å². The van der Waals surface area contributed by atoms with Crippen molar-refractivity contribution in [2.75, 3.05) is 0 Å². The van der Waals surface area contributed by atoms with Crippen LogP contribution < -0.4 is 0 Å². The predicted octanol–water partition coefficient (Wildman–Crippen LogP) is 4.79. The fraction of sp³-hybridized carbons (Fsp3) is 0.588. The first-order valence-electron chi connectivity index (χ1n) is 7.85. The van der Waals surface area contributed by atoms with Crippen molar-refractivity contribution in [3.8, 4) is 0 Å². The van der Waals surface area contributed by atoms with Crippen molar-refractivity contribution < 1.29 is 0 Å². The van der Waals surface area contributed by atoms with Crippen LogP contribution in [0.5, 0.6) is 0 Å². The van der Waals surface area contributed by atoms with E-state index < -0.39 is 0 Å². The minimum Gasteiger partial charge on any atom is -0.356 e. The van der Waals surface area contributed by atoms with Gasteiger partial charge >= 0.3 is 0 Å². The minimum absolute atomic E-state index is 0.423. The molecule has 0 aliphatic heterocycles. The Labute approximate surface area is 127 Å². The molecule has 2 heterocycles. The maximum absolute atomic E-state index is 4.26. The molecule has 4 saturated carbocycles. The number of aromatic amines is 1. The van der Waals surface area contributed by atoms with E-state index in [4.69, 9.17) is 0 Å². The maximum Gasteiger partial charge on any atom is 0.0654 e. The van der Waals surface area contributed by atoms with Crippen LogP contribution in [-0.4, -0.2) is 9.97 Å². The van der Waals surface area contributed by atoms with Crippen molar-refractivity contribution in [3.05, 3.63) is 28.6 Å². The van der Waals surface area contributed by atoms with Crippen LogP contribution in [0.25, 0.3) is 10.9 Å². The summed E-state index contributed by atoms with van der Waals surface area (Å²) in [6, 6.07) is 2.12. The molecule has 6 rings (SSSR count). The molecule has 0 amide bonds. The van der Waals surface area contributed by atoms with E-state index in [-0.39, 0.29) is 0 Å². The molecule has 0 radical (unpaired) electrons. The molecule has 2 aromatic heterocycles. The van der Waals surface area contributed by atoms with E-state index in [2.05, 4.69) is 32.0 Å². The highest BCUT2D eigenvalue weighted by molar-refractivity contribution is 9.10. The highest BCUT2D eigenvalue weighted by Gasteiger charge is 2.52. The van der Waals surface area contributed by atoms with Gasteiger partial charge in [-0.15, -0.1) is 0 Å². The van der Waals surface area contributed by atoms with E-state index in [1.807, 2.05) is 12.4 Å². The number of hydrogen-bond acceptors (Lipinski definition) is 1. The Bertz CT molecular complexity index is 652. The third kappa shape index (κ3) is 1.47. The zero-order chi connectivity index (χ0) is 13.3. The third-order valence-corrected chi connectivity index (χ3v) is 6.93. The van der Waals surface area contributed by atoms with Crippen molar-refractivity contribution >= 4 is 26.8 Å². The van der Waals surface area contributed by atoms with E-state index in [0.717, 1.165) is 17.8 Å². The van der Waals surface area contributed by atoms with Gasteiger partial charge in [0.05, 0.1) is 11.7 Å². The summed E-state index contributed by atoms with van der Waals surface area (Å²) in [4.78, 5) is 7.97. The lowest BCUT2D eigenvalue weighted by Gasteiger charge is -2.56. The van der Waals surface area contributed by atoms with E-state index >= 15 is 0 Å². The van der Waals surface area contributed by atoms with Gasteiger partial charge in [0.15, 0.2) is 0 Å². The van der Waals surface area contributed by atoms with Crippen LogP contribution in [-0.2, 0) is 5.41 Å². The Balaban J connectivity index is 1.69. The van der Waals surface area contributed by atoms with Gasteiger partial charge in [-0.05, 0) is 78.3 Å². The quantitative estimate of drug-likeness (QED) is 0.799. The highest BCUT2D eigenvalue weighted by atomic mass is 79.9. The normalized spacial score (nSPS) is 38.8. The molecule has 3 heteroatoms. The summed E-state index contributed by atoms with van der Waals surface area (Å²) in [7, 11) is 0. The molecule has 104 valence electrons. The van der Waals surface area contributed by atoms with Gasteiger partial charge in [0.25, 0.3) is 0 Å². The molecule has 0 saturated heterocycles. The van der Waals surface area contributed by atoms with Crippen LogP contribution in [0, 0.1) is 17.8 Å². The molecule has 1 N–H and O–H groups in total. The summed E-state index contributed by atoms with van der Waals surface area (Å²) >= 11 is 3.88. The Morgan fingerprint density at radius 3 is 2.35 bits per heavy atom. The highest BCUT2D eigenvalue weighted by Crippen LogP contribution is 2.61. The number of pyridine rings is 1. The van der Waals surface area contributed by atoms with Crippen LogP contribution in [0.1, 0.15) is 44.2 Å². The Kier molecular flexibility index (Phi) is 2.29. The molecule has 0 atom stereocenters. The number of rotatable bonds is 1. The molecule has 4 bridgehead atoms. The van der Waals surface area contributed by atoms with Gasteiger partial charge in [-0.2, -0.15) is 0 Å². The average molecular weight is 331 g/mol. The van der Waals surface area contributed by atoms with E-state index in [1.54, 1.807) is 0 Å². The molecule has 2 nitrogen and oxygen atoms in total. The molecule has 2 aromatic rings. The van der Waals surface area contributed by atoms with Crippen LogP contribution in [0.4, 0.5) is 0 Å². The second-order valence-electron chi connectivity index (χ2n) is 7.43. The van der Waals surface area contributed by atoms with Gasteiger partial charge < -0.3 is 4.98 Å². The summed E-state index contributed by atoms with van der Waals surface area (Å²) in [5, 5.41) is 1.30. The van der Waals surface area contributed by atoms with E-state index in [9.17, 15) is 0 Å². The van der Waals surface area contributed by atoms with Crippen LogP contribution in [0.2, 0.25) is 0 Å². The van der Waals surface area contributed by atoms with Gasteiger partial charge in [0.2, 0.25) is 0 Å². The van der Waals surface area contributed by atoms with Crippen molar-refractivity contribution in [2.24, 2.45) is 17.8 Å². The zero-order valence-electron chi connectivity index (χ0n) is 11.5. The topological polar surface area (TPSA) is 28.7 Å². The van der Waals surface area contributed by atoms with E-state index in [1.165, 1.54) is 59.6 Å². The second kappa shape index (κ2) is 3.88. The molecule has 20 heavy (non-hydrogen) atoms. The molecule has 0 spiro atoms. The Morgan fingerprint density at radius 2 is 1.75 bits per heavy atom. The number of halogens is 1. The fourth-order valence-electron chi connectivity index (χ4n) is 5.79. The number of hydrogen-bond donors (Lipinski definition) is 1. The fourth-order valence-corrected chi connectivity index (χ4v) is 6.66. The SMILES string of the molecule is Brc1c(C23CC4CC(CC(C4)C2)C3)[nH]c2cnccc12. The summed E-state index contributed by atoms with van der Waals surface area (Å²) in [5.74, 6) is 2.95. The monoisotopic (exact) mass is 330 g/mol. The lowest BCUT2D eigenvalue weighted by Crippen LogP contribution is -2.48. The lowest BCUT2D eigenvalue weighted by molar-refractivity contribution is -0.00719. The molecule has 4 aliphatic rings. The van der Waals surface area contributed by atoms with Crippen molar-refractivity contribution in [1.82, 2.24) is 9.97 Å². The number of aromatic nitrogens is 2. The second-order valence-corrected chi connectivity index (χ2v) is 8.23. The first-order chi connectivity index (χ1) is 9.73. The third-order valence-electron chi connectivity index (χ3n) is 6.11. The maximum atomic E-state index is 4.26. The zero-order valence-corrected chi connectivity index (χ0v) is 13.1. The number of H-pyrrole nitrogens is 1. The first-order valence-corrected chi connectivity index (χ1v) is 8.64. The Morgan fingerprint density at radius 1 is 1.10 bits per heavy atom. The predicted molar refractivity (Wildman–Crippen MR) is 83.6 cm³/mol. The van der Waals surface area contributed by atoms with Gasteiger partial charge in [0.1, 0.15) is 0 Å². The van der Waals surface area contributed by atoms with Crippen LogP contribution in [0.3, 0.4) is 0 Å². The summed E-state index contributed by atoms with van der Waals surface area (Å²) in [5.41, 5.74) is 3.08. The molecule has 0 aromatic carbocycles. The van der Waals surface area contributed by atoms with Crippen LogP contribution in [0.15, 0.2) is 22.9 Å². The van der Waals surface area contributed by atoms with E-state index in [0.29, 0.717) is 5.41 Å². The summed E-state index contributed by atoms with van der Waals surface area (Å²) in [6.45, 7) is 0. The summed E-state index contributed by atoms with van der Waals surface area (Å²) < 4.78 is 1.30. The first kappa shape index (κ1) is 11.8. The molecular weight excluding hydrogens is 312 g/mol. The molecule has 4 fully saturated rings. The van der Waals surface area contributed by atoms with Crippen LogP contribution >= 0.6 is 15.9 Å². The average Bonchev–Trinajstić information content (AvgIpc) is 2.76. The molecule has 4 aliphatic carbocycles. The van der Waals surface area contributed by atoms with Gasteiger partial charge in [-0.1, -0.05) is 0 Å². The van der Waals surface area contributed by atoms with Gasteiger partial charge in [-0.3, -0.25) is 4.98 Å². The van der Waals surface area contributed by atoms with Crippen molar-refractivity contribution in [3.63, 3.8) is 0 Å². The molecule has 0 unspecified atom stereocenters. The minimum atomic E-state index is 0.423. The largest absolute Gasteiger partial charge is 0.356 e. The molecular formula is C17H19BrN2. The standard InChI is InChI=1S/C17H19BrN2/c18-15-13-1-2-19-9-14(13)20-16(15)17-6-10-3-11(7-17)5-12(4-10)8-17/h1-2,9-12,20H,3-8H2. The summed E-state index contributed by atoms with van der Waals surface area (Å²) in [6.07, 6.45) is 12.6. The number of fused-ring (bicyclic) bond motifs is 1. The number of nitrogens with one attached hydrogen (secondary N) is 1. The lowest BCUT2D eigenvalue weighted by atomic mass is 9.49. The van der Waals surface area contributed by atoms with Crippen molar-refractivity contribution in [1.29, 1.82) is 0 Å². The Hall–Kier alpha value is -0.830. The number of nitrogens with zero attached hydrogens (tertiary/aromatic N) is 1. The van der Waals surface area contributed by atoms with Gasteiger partial charge in [0, 0.05) is 27.2 Å². The smallest absolute Gasteiger partial charge is 0.0654 e. The van der Waals surface area contributed by atoms with Gasteiger partial charge in [-0.25, -0.2) is 0 Å².